The van der Waals surface area contributed by atoms with E-state index in [1.807, 2.05) is 19.9 Å². The van der Waals surface area contributed by atoms with Gasteiger partial charge in [0, 0.05) is 5.69 Å². The second-order valence-corrected chi connectivity index (χ2v) is 4.01. The predicted octanol–water partition coefficient (Wildman–Crippen LogP) is 2.82. The molecule has 1 N–H and O–H groups in total. The second-order valence-electron chi connectivity index (χ2n) is 3.62. The third kappa shape index (κ3) is 1.77. The molecule has 0 aromatic carbocycles. The Morgan fingerprint density at radius 3 is 2.73 bits per heavy atom. The number of rotatable bonds is 1. The van der Waals surface area contributed by atoms with Crippen LogP contribution in [-0.2, 0) is 6.42 Å². The molecule has 15 heavy (non-hydrogen) atoms. The summed E-state index contributed by atoms with van der Waals surface area (Å²) in [6, 6.07) is 2.02. The van der Waals surface area contributed by atoms with Crippen molar-refractivity contribution in [2.45, 2.75) is 27.2 Å². The monoisotopic (exact) mass is 219 g/mol. The van der Waals surface area contributed by atoms with E-state index in [0.29, 0.717) is 4.64 Å². The fourth-order valence-corrected chi connectivity index (χ4v) is 1.78. The van der Waals surface area contributed by atoms with Crippen molar-refractivity contribution in [3.8, 4) is 11.5 Å². The lowest BCUT2D eigenvalue weighted by Crippen LogP contribution is -2.02. The molecule has 0 unspecified atom stereocenters. The van der Waals surface area contributed by atoms with Gasteiger partial charge in [0.2, 0.25) is 0 Å². The van der Waals surface area contributed by atoms with Gasteiger partial charge in [-0.25, -0.2) is 9.97 Å². The normalized spacial score (nSPS) is 10.9. The molecule has 2 heterocycles. The van der Waals surface area contributed by atoms with Crippen LogP contribution in [0.2, 0.25) is 0 Å². The summed E-state index contributed by atoms with van der Waals surface area (Å²) in [6.07, 6.45) is 0.899. The highest BCUT2D eigenvalue weighted by Crippen LogP contribution is 2.18. The number of aromatic amines is 1. The Kier molecular flexibility index (Phi) is 2.52. The molecule has 2 aliphatic heterocycles. The van der Waals surface area contributed by atoms with E-state index in [9.17, 15) is 0 Å². The number of hydrogen-bond acceptors (Lipinski definition) is 3. The fraction of sp³-hybridized carbons (Fsp3) is 0.364. The van der Waals surface area contributed by atoms with Crippen LogP contribution < -0.4 is 0 Å². The number of aromatic nitrogens is 3. The van der Waals surface area contributed by atoms with Gasteiger partial charge in [0.15, 0.2) is 5.82 Å². The number of pyridine rings is 1. The molecule has 2 rings (SSSR count). The Balaban J connectivity index is 2.78. The highest BCUT2D eigenvalue weighted by Gasteiger charge is 2.09. The first kappa shape index (κ1) is 10.2. The standard InChI is InChI=1S/C11H13N3S/c1-4-8-5-9-10(14-11(8)15)13-7(3)6(2)12-9/h5H,4H2,1-3H3,(H,13,14,15). The number of hydrogen-bond donors (Lipinski definition) is 1. The van der Waals surface area contributed by atoms with Crippen LogP contribution >= 0.6 is 12.2 Å². The molecule has 0 aliphatic carbocycles. The van der Waals surface area contributed by atoms with Crippen LogP contribution in [0.5, 0.6) is 0 Å². The summed E-state index contributed by atoms with van der Waals surface area (Å²) < 4.78 is 0.673. The molecule has 3 nitrogen and oxygen atoms in total. The van der Waals surface area contributed by atoms with Crippen molar-refractivity contribution < 1.29 is 0 Å². The topological polar surface area (TPSA) is 41.6 Å². The molecule has 0 spiro atoms. The number of fused-ring (bicyclic) bond motifs is 1. The minimum absolute atomic E-state index is 0.673. The van der Waals surface area contributed by atoms with Crippen molar-refractivity contribution in [3.63, 3.8) is 0 Å². The maximum absolute atomic E-state index is 5.20. The molecule has 0 fully saturated rings. The summed E-state index contributed by atoms with van der Waals surface area (Å²) >= 11 is 5.20. The third-order valence-electron chi connectivity index (χ3n) is 2.56. The van der Waals surface area contributed by atoms with Crippen LogP contribution in [0, 0.1) is 18.5 Å². The molecule has 2 aliphatic rings. The molecule has 0 aromatic rings. The van der Waals surface area contributed by atoms with E-state index >= 15 is 0 Å². The molecule has 0 atom stereocenters. The molecule has 0 saturated carbocycles. The molecular weight excluding hydrogens is 206 g/mol. The average molecular weight is 219 g/mol. The molecule has 0 amide bonds. The number of nitrogens with zero attached hydrogens (tertiary/aromatic N) is 2. The van der Waals surface area contributed by atoms with Gasteiger partial charge in [0.05, 0.1) is 5.69 Å². The summed E-state index contributed by atoms with van der Waals surface area (Å²) in [4.78, 5) is 12.0. The largest absolute Gasteiger partial charge is 0.341 e. The van der Waals surface area contributed by atoms with Gasteiger partial charge in [0.25, 0.3) is 0 Å². The molecule has 4 heteroatoms. The van der Waals surface area contributed by atoms with Crippen LogP contribution in [0.15, 0.2) is 6.07 Å². The van der Waals surface area contributed by atoms with E-state index in [1.165, 1.54) is 0 Å². The van der Waals surface area contributed by atoms with Gasteiger partial charge in [-0.1, -0.05) is 19.1 Å². The zero-order valence-corrected chi connectivity index (χ0v) is 9.90. The Bertz CT molecular complexity index is 530. The van der Waals surface area contributed by atoms with E-state index < -0.39 is 0 Å². The van der Waals surface area contributed by atoms with E-state index in [1.54, 1.807) is 0 Å². The Morgan fingerprint density at radius 1 is 1.33 bits per heavy atom. The maximum Gasteiger partial charge on any atom is 0.157 e. The minimum atomic E-state index is 0.673. The molecule has 0 radical (unpaired) electrons. The number of H-pyrrole nitrogens is 1. The van der Waals surface area contributed by atoms with Crippen molar-refractivity contribution in [3.05, 3.63) is 27.7 Å². The van der Waals surface area contributed by atoms with Crippen LogP contribution in [-0.4, -0.2) is 15.0 Å². The Labute approximate surface area is 93.9 Å². The zero-order chi connectivity index (χ0) is 11.0. The van der Waals surface area contributed by atoms with E-state index in [2.05, 4.69) is 21.9 Å². The third-order valence-corrected chi connectivity index (χ3v) is 2.91. The quantitative estimate of drug-likeness (QED) is 0.750. The van der Waals surface area contributed by atoms with E-state index in [-0.39, 0.29) is 0 Å². The lowest BCUT2D eigenvalue weighted by molar-refractivity contribution is 0.985. The Morgan fingerprint density at radius 2 is 2.07 bits per heavy atom. The first-order chi connectivity index (χ1) is 7.11. The first-order valence-electron chi connectivity index (χ1n) is 4.99. The average Bonchev–Trinajstić information content (AvgIpc) is 2.20. The molecule has 0 bridgehead atoms. The fourth-order valence-electron chi connectivity index (χ4n) is 1.49. The van der Waals surface area contributed by atoms with Gasteiger partial charge in [-0.2, -0.15) is 0 Å². The highest BCUT2D eigenvalue weighted by atomic mass is 32.1. The molecular formula is C11H13N3S. The number of aryl methyl sites for hydroxylation is 3. The van der Waals surface area contributed by atoms with Crippen molar-refractivity contribution in [1.29, 1.82) is 0 Å². The van der Waals surface area contributed by atoms with Crippen molar-refractivity contribution >= 4 is 12.2 Å². The van der Waals surface area contributed by atoms with Gasteiger partial charge in [-0.15, -0.1) is 0 Å². The summed E-state index contributed by atoms with van der Waals surface area (Å²) in [5.41, 5.74) is 4.02. The van der Waals surface area contributed by atoms with Crippen LogP contribution in [0.1, 0.15) is 23.9 Å². The lowest BCUT2D eigenvalue weighted by Gasteiger charge is -2.09. The van der Waals surface area contributed by atoms with E-state index in [4.69, 9.17) is 12.2 Å². The Hall–Kier alpha value is -1.29. The molecule has 0 aromatic heterocycles. The summed E-state index contributed by atoms with van der Waals surface area (Å²) in [5, 5.41) is 0. The van der Waals surface area contributed by atoms with Crippen LogP contribution in [0.25, 0.3) is 11.5 Å². The number of nitrogens with one attached hydrogen (secondary N) is 1. The van der Waals surface area contributed by atoms with Gasteiger partial charge in [-0.05, 0) is 31.9 Å². The smallest absolute Gasteiger partial charge is 0.157 e. The highest BCUT2D eigenvalue weighted by molar-refractivity contribution is 7.71. The summed E-state index contributed by atoms with van der Waals surface area (Å²) in [6.45, 7) is 6.04. The minimum Gasteiger partial charge on any atom is -0.341 e. The van der Waals surface area contributed by atoms with Crippen molar-refractivity contribution in [2.75, 3.05) is 0 Å². The van der Waals surface area contributed by atoms with Crippen LogP contribution in [0.4, 0.5) is 0 Å². The molecule has 0 saturated heterocycles. The predicted molar refractivity (Wildman–Crippen MR) is 62.7 cm³/mol. The van der Waals surface area contributed by atoms with Gasteiger partial charge in [0.1, 0.15) is 10.3 Å². The maximum atomic E-state index is 5.20. The van der Waals surface area contributed by atoms with Gasteiger partial charge >= 0.3 is 0 Å². The van der Waals surface area contributed by atoms with Crippen LogP contribution in [0.3, 0.4) is 0 Å². The first-order valence-corrected chi connectivity index (χ1v) is 5.39. The zero-order valence-electron chi connectivity index (χ0n) is 9.09. The summed E-state index contributed by atoms with van der Waals surface area (Å²) in [7, 11) is 0. The van der Waals surface area contributed by atoms with E-state index in [0.717, 1.165) is 34.9 Å². The lowest BCUT2D eigenvalue weighted by atomic mass is 10.2. The second kappa shape index (κ2) is 3.70. The molecule has 78 valence electrons. The van der Waals surface area contributed by atoms with Crippen molar-refractivity contribution in [2.24, 2.45) is 0 Å². The summed E-state index contributed by atoms with van der Waals surface area (Å²) in [5.74, 6) is 0.778. The SMILES string of the molecule is CCc1cc2nc(C)c(C)[nH]c-2nc1=S. The van der Waals surface area contributed by atoms with Gasteiger partial charge < -0.3 is 4.98 Å². The van der Waals surface area contributed by atoms with Crippen molar-refractivity contribution in [1.82, 2.24) is 15.0 Å². The van der Waals surface area contributed by atoms with Gasteiger partial charge in [-0.3, -0.25) is 0 Å².